The number of allylic oxidation sites excluding steroid dienone is 1. The summed E-state index contributed by atoms with van der Waals surface area (Å²) in [6, 6.07) is 23.4. The monoisotopic (exact) mass is 435 g/mol. The van der Waals surface area contributed by atoms with Crippen LogP contribution < -0.4 is 10.5 Å². The highest BCUT2D eigenvalue weighted by atomic mass is 32.2. The van der Waals surface area contributed by atoms with E-state index in [4.69, 9.17) is 27.2 Å². The van der Waals surface area contributed by atoms with Gasteiger partial charge >= 0.3 is 0 Å². The lowest BCUT2D eigenvalue weighted by Crippen LogP contribution is -2.17. The van der Waals surface area contributed by atoms with Gasteiger partial charge in [-0.25, -0.2) is 4.21 Å². The molecule has 0 amide bonds. The van der Waals surface area contributed by atoms with E-state index in [0.717, 1.165) is 44.9 Å². The Morgan fingerprint density at radius 1 is 1.03 bits per heavy atom. The molecule has 30 heavy (non-hydrogen) atoms. The molecule has 1 aliphatic rings. The standard InChI is InChI=1S/C24H21NO3S2/c25-13-18-5-1-2-6-19(18)23-21(14-29)20-7-3-4-8-22(20)28-24(23)17-11-9-16(10-12-17)15-30(26)27/h1-12,14,21H,13,15,25H2,(H,26,27). The third kappa shape index (κ3) is 4.00. The minimum Gasteiger partial charge on any atom is -0.456 e. The number of benzene rings is 3. The average Bonchev–Trinajstić information content (AvgIpc) is 2.78. The van der Waals surface area contributed by atoms with Gasteiger partial charge in [0, 0.05) is 29.2 Å². The second kappa shape index (κ2) is 9.02. The molecule has 4 nitrogen and oxygen atoms in total. The predicted molar refractivity (Wildman–Crippen MR) is 126 cm³/mol. The van der Waals surface area contributed by atoms with E-state index in [1.54, 1.807) is 5.37 Å². The lowest BCUT2D eigenvalue weighted by Gasteiger charge is -2.30. The lowest BCUT2D eigenvalue weighted by molar-refractivity contribution is 0.500. The highest BCUT2D eigenvalue weighted by molar-refractivity contribution is 7.79. The first kappa shape index (κ1) is 20.6. The Morgan fingerprint density at radius 2 is 1.73 bits per heavy atom. The van der Waals surface area contributed by atoms with Gasteiger partial charge in [-0.3, -0.25) is 0 Å². The fourth-order valence-electron chi connectivity index (χ4n) is 3.79. The van der Waals surface area contributed by atoms with Gasteiger partial charge in [-0.1, -0.05) is 78.9 Å². The first-order valence-electron chi connectivity index (χ1n) is 9.53. The van der Waals surface area contributed by atoms with E-state index < -0.39 is 11.1 Å². The largest absolute Gasteiger partial charge is 0.456 e. The molecule has 0 saturated carbocycles. The van der Waals surface area contributed by atoms with Crippen LogP contribution in [0, 0.1) is 0 Å². The SMILES string of the molecule is NCc1ccccc1C1=C(c2ccc(CS(=O)O)cc2)Oc2ccccc2C1C=S. The van der Waals surface area contributed by atoms with Gasteiger partial charge in [0.25, 0.3) is 0 Å². The van der Waals surface area contributed by atoms with E-state index >= 15 is 0 Å². The number of hydrogen-bond acceptors (Lipinski definition) is 4. The van der Waals surface area contributed by atoms with Crippen LogP contribution in [-0.2, 0) is 23.4 Å². The summed E-state index contributed by atoms with van der Waals surface area (Å²) >= 11 is 3.59. The van der Waals surface area contributed by atoms with E-state index in [0.29, 0.717) is 6.54 Å². The summed E-state index contributed by atoms with van der Waals surface area (Å²) in [5.41, 5.74) is 11.7. The van der Waals surface area contributed by atoms with Crippen LogP contribution in [0.2, 0.25) is 0 Å². The number of para-hydroxylation sites is 1. The van der Waals surface area contributed by atoms with Crippen molar-refractivity contribution < 1.29 is 13.5 Å². The van der Waals surface area contributed by atoms with Crippen LogP contribution in [0.3, 0.4) is 0 Å². The molecule has 0 fully saturated rings. The minimum atomic E-state index is -1.88. The van der Waals surface area contributed by atoms with Crippen molar-refractivity contribution in [2.45, 2.75) is 18.2 Å². The van der Waals surface area contributed by atoms with Crippen molar-refractivity contribution in [3.05, 3.63) is 101 Å². The van der Waals surface area contributed by atoms with Gasteiger partial charge in [-0.15, -0.1) is 0 Å². The molecule has 2 atom stereocenters. The van der Waals surface area contributed by atoms with Crippen molar-refractivity contribution in [2.75, 3.05) is 0 Å². The number of hydrogen-bond donors (Lipinski definition) is 2. The zero-order valence-corrected chi connectivity index (χ0v) is 17.8. The second-order valence-corrected chi connectivity index (χ2v) is 8.22. The second-order valence-electron chi connectivity index (χ2n) is 7.02. The van der Waals surface area contributed by atoms with E-state index in [2.05, 4.69) is 0 Å². The molecule has 6 heteroatoms. The van der Waals surface area contributed by atoms with Gasteiger partial charge in [0.1, 0.15) is 11.5 Å². The maximum absolute atomic E-state index is 11.1. The lowest BCUT2D eigenvalue weighted by atomic mass is 9.82. The maximum atomic E-state index is 11.1. The average molecular weight is 436 g/mol. The molecule has 3 aromatic carbocycles. The van der Waals surface area contributed by atoms with E-state index in [1.807, 2.05) is 72.8 Å². The highest BCUT2D eigenvalue weighted by Crippen LogP contribution is 2.46. The van der Waals surface area contributed by atoms with E-state index in [9.17, 15) is 4.21 Å². The molecular formula is C24H21NO3S2. The van der Waals surface area contributed by atoms with Gasteiger partial charge in [0.15, 0.2) is 11.1 Å². The van der Waals surface area contributed by atoms with Gasteiger partial charge in [-0.05, 0) is 28.1 Å². The topological polar surface area (TPSA) is 72.6 Å². The van der Waals surface area contributed by atoms with Crippen LogP contribution in [0.4, 0.5) is 0 Å². The van der Waals surface area contributed by atoms with E-state index in [1.165, 1.54) is 0 Å². The summed E-state index contributed by atoms with van der Waals surface area (Å²) in [7, 11) is 0. The van der Waals surface area contributed by atoms with Crippen LogP contribution in [0.1, 0.15) is 33.7 Å². The zero-order chi connectivity index (χ0) is 21.1. The molecule has 0 aromatic heterocycles. The molecule has 1 aliphatic heterocycles. The molecule has 3 aromatic rings. The molecule has 1 heterocycles. The summed E-state index contributed by atoms with van der Waals surface area (Å²) in [5.74, 6) is 1.46. The summed E-state index contributed by atoms with van der Waals surface area (Å²) in [6.07, 6.45) is 0. The predicted octanol–water partition coefficient (Wildman–Crippen LogP) is 4.91. The number of fused-ring (bicyclic) bond motifs is 1. The number of thiocarbonyl (C=S) groups is 1. The van der Waals surface area contributed by atoms with Crippen molar-refractivity contribution in [1.82, 2.24) is 0 Å². The number of ether oxygens (including phenoxy) is 1. The molecule has 152 valence electrons. The molecule has 0 saturated heterocycles. The molecule has 4 rings (SSSR count). The Hall–Kier alpha value is -2.64. The van der Waals surface area contributed by atoms with Gasteiger partial charge in [-0.2, -0.15) is 0 Å². The third-order valence-corrected chi connectivity index (χ3v) is 6.04. The number of rotatable bonds is 6. The first-order chi connectivity index (χ1) is 14.6. The Kier molecular flexibility index (Phi) is 6.20. The molecule has 2 unspecified atom stereocenters. The van der Waals surface area contributed by atoms with Crippen LogP contribution in [0.15, 0.2) is 72.8 Å². The Balaban J connectivity index is 1.93. The highest BCUT2D eigenvalue weighted by Gasteiger charge is 2.30. The molecule has 3 N–H and O–H groups in total. The van der Waals surface area contributed by atoms with Crippen molar-refractivity contribution in [3.8, 4) is 5.75 Å². The van der Waals surface area contributed by atoms with Crippen LogP contribution >= 0.6 is 12.2 Å². The molecule has 0 radical (unpaired) electrons. The number of nitrogens with two attached hydrogens (primary N) is 1. The third-order valence-electron chi connectivity index (χ3n) is 5.19. The Labute approximate surface area is 183 Å². The summed E-state index contributed by atoms with van der Waals surface area (Å²) in [5, 5.41) is 1.77. The fourth-order valence-corrected chi connectivity index (χ4v) is 4.55. The Morgan fingerprint density at radius 3 is 2.43 bits per heavy atom. The molecule has 0 spiro atoms. The maximum Gasteiger partial charge on any atom is 0.157 e. The smallest absolute Gasteiger partial charge is 0.157 e. The minimum absolute atomic E-state index is 0.0917. The van der Waals surface area contributed by atoms with Gasteiger partial charge in [0.2, 0.25) is 0 Å². The van der Waals surface area contributed by atoms with Gasteiger partial charge < -0.3 is 15.0 Å². The normalized spacial score (nSPS) is 16.5. The fraction of sp³-hybridized carbons (Fsp3) is 0.125. The van der Waals surface area contributed by atoms with Crippen LogP contribution in [0.25, 0.3) is 11.3 Å². The Bertz CT molecular complexity index is 1140. The van der Waals surface area contributed by atoms with Crippen molar-refractivity contribution in [1.29, 1.82) is 0 Å². The van der Waals surface area contributed by atoms with E-state index in [-0.39, 0.29) is 11.7 Å². The van der Waals surface area contributed by atoms with Crippen LogP contribution in [-0.4, -0.2) is 14.1 Å². The van der Waals surface area contributed by atoms with Crippen molar-refractivity contribution in [3.63, 3.8) is 0 Å². The summed E-state index contributed by atoms with van der Waals surface area (Å²) in [4.78, 5) is 0. The molecule has 0 aliphatic carbocycles. The van der Waals surface area contributed by atoms with Crippen molar-refractivity contribution in [2.24, 2.45) is 5.73 Å². The summed E-state index contributed by atoms with van der Waals surface area (Å²) in [6.45, 7) is 0.403. The molecular weight excluding hydrogens is 414 g/mol. The molecule has 0 bridgehead atoms. The summed E-state index contributed by atoms with van der Waals surface area (Å²) < 4.78 is 26.7. The first-order valence-corrected chi connectivity index (χ1v) is 11.3. The van der Waals surface area contributed by atoms with Gasteiger partial charge in [0.05, 0.1) is 5.75 Å². The zero-order valence-electron chi connectivity index (χ0n) is 16.2. The van der Waals surface area contributed by atoms with Crippen molar-refractivity contribution >= 4 is 40.0 Å². The quantitative estimate of drug-likeness (QED) is 0.425. The van der Waals surface area contributed by atoms with Crippen LogP contribution in [0.5, 0.6) is 5.75 Å².